The number of unbranched alkanes of at least 4 members (excludes halogenated alkanes) is 6. The monoisotopic (exact) mass is 338 g/mol. The zero-order valence-corrected chi connectivity index (χ0v) is 16.0. The fraction of sp³-hybridized carbons (Fsp3) is 0.500. The lowest BCUT2D eigenvalue weighted by Crippen LogP contribution is -1.92. The molecule has 0 aliphatic carbocycles. The van der Waals surface area contributed by atoms with Crippen molar-refractivity contribution in [2.24, 2.45) is 5.92 Å². The summed E-state index contributed by atoms with van der Waals surface area (Å²) in [5, 5.41) is 0. The van der Waals surface area contributed by atoms with Gasteiger partial charge in [-0.15, -0.1) is 0 Å². The van der Waals surface area contributed by atoms with Crippen LogP contribution in [0.3, 0.4) is 0 Å². The van der Waals surface area contributed by atoms with Gasteiger partial charge in [0, 0.05) is 0 Å². The van der Waals surface area contributed by atoms with E-state index in [1.807, 2.05) is 30.3 Å². The molecular formula is C24H34O. The van der Waals surface area contributed by atoms with Gasteiger partial charge in [-0.3, -0.25) is 0 Å². The highest BCUT2D eigenvalue weighted by molar-refractivity contribution is 5.37. The van der Waals surface area contributed by atoms with Crippen LogP contribution in [0, 0.1) is 5.92 Å². The van der Waals surface area contributed by atoms with Crippen LogP contribution in [0.2, 0.25) is 0 Å². The summed E-state index contributed by atoms with van der Waals surface area (Å²) < 4.78 is 6.05. The fourth-order valence-corrected chi connectivity index (χ4v) is 3.18. The fourth-order valence-electron chi connectivity index (χ4n) is 3.18. The molecule has 0 saturated carbocycles. The molecule has 0 radical (unpaired) electrons. The van der Waals surface area contributed by atoms with Crippen LogP contribution >= 0.6 is 0 Å². The minimum Gasteiger partial charge on any atom is -0.457 e. The third-order valence-electron chi connectivity index (χ3n) is 4.67. The van der Waals surface area contributed by atoms with Crippen molar-refractivity contribution in [3.63, 3.8) is 0 Å². The topological polar surface area (TPSA) is 9.23 Å². The predicted molar refractivity (Wildman–Crippen MR) is 108 cm³/mol. The molecule has 0 spiro atoms. The molecule has 2 aromatic rings. The standard InChI is InChI=1S/C24H34O/c1-21(2)15-9-6-4-3-5-7-10-16-22-17-13-14-20-24(22)25-23-18-11-8-12-19-23/h8,11-14,17-21H,3-7,9-10,15-16H2,1-2H3. The van der Waals surface area contributed by atoms with Gasteiger partial charge in [0.1, 0.15) is 11.5 Å². The highest BCUT2D eigenvalue weighted by Gasteiger charge is 2.04. The summed E-state index contributed by atoms with van der Waals surface area (Å²) in [6.45, 7) is 4.64. The number of hydrogen-bond acceptors (Lipinski definition) is 1. The van der Waals surface area contributed by atoms with E-state index in [1.54, 1.807) is 0 Å². The lowest BCUT2D eigenvalue weighted by molar-refractivity contribution is 0.473. The quantitative estimate of drug-likeness (QED) is 0.359. The van der Waals surface area contributed by atoms with E-state index in [1.165, 1.54) is 56.9 Å². The van der Waals surface area contributed by atoms with E-state index in [2.05, 4.69) is 38.1 Å². The van der Waals surface area contributed by atoms with Gasteiger partial charge in [0.15, 0.2) is 0 Å². The molecule has 2 aromatic carbocycles. The van der Waals surface area contributed by atoms with Gasteiger partial charge in [-0.1, -0.05) is 95.2 Å². The van der Waals surface area contributed by atoms with E-state index in [0.717, 1.165) is 23.8 Å². The lowest BCUT2D eigenvalue weighted by atomic mass is 10.0. The summed E-state index contributed by atoms with van der Waals surface area (Å²) in [6.07, 6.45) is 12.0. The van der Waals surface area contributed by atoms with E-state index in [4.69, 9.17) is 4.74 Å². The maximum absolute atomic E-state index is 6.05. The van der Waals surface area contributed by atoms with Crippen LogP contribution in [-0.4, -0.2) is 0 Å². The van der Waals surface area contributed by atoms with Crippen LogP contribution in [0.25, 0.3) is 0 Å². The van der Waals surface area contributed by atoms with Gasteiger partial charge in [0.05, 0.1) is 0 Å². The zero-order chi connectivity index (χ0) is 17.7. The van der Waals surface area contributed by atoms with E-state index < -0.39 is 0 Å². The highest BCUT2D eigenvalue weighted by Crippen LogP contribution is 2.26. The van der Waals surface area contributed by atoms with E-state index in [0.29, 0.717) is 0 Å². The Balaban J connectivity index is 1.64. The summed E-state index contributed by atoms with van der Waals surface area (Å²) in [5.74, 6) is 2.77. The third-order valence-corrected chi connectivity index (χ3v) is 4.67. The molecule has 0 amide bonds. The van der Waals surface area contributed by atoms with Crippen LogP contribution < -0.4 is 4.74 Å². The van der Waals surface area contributed by atoms with Crippen LogP contribution in [0.15, 0.2) is 54.6 Å². The first-order valence-corrected chi connectivity index (χ1v) is 10.1. The second kappa shape index (κ2) is 11.7. The van der Waals surface area contributed by atoms with Gasteiger partial charge in [-0.2, -0.15) is 0 Å². The first-order chi connectivity index (χ1) is 12.3. The number of benzene rings is 2. The molecule has 25 heavy (non-hydrogen) atoms. The second-order valence-electron chi connectivity index (χ2n) is 7.43. The number of hydrogen-bond donors (Lipinski definition) is 0. The van der Waals surface area contributed by atoms with Crippen molar-refractivity contribution in [3.8, 4) is 11.5 Å². The Morgan fingerprint density at radius 3 is 2.00 bits per heavy atom. The van der Waals surface area contributed by atoms with Crippen LogP contribution in [0.5, 0.6) is 11.5 Å². The molecule has 1 nitrogen and oxygen atoms in total. The average Bonchev–Trinajstić information content (AvgIpc) is 2.62. The summed E-state index contributed by atoms with van der Waals surface area (Å²) in [5.41, 5.74) is 1.32. The number of para-hydroxylation sites is 2. The lowest BCUT2D eigenvalue weighted by Gasteiger charge is -2.11. The molecule has 0 atom stereocenters. The van der Waals surface area contributed by atoms with Crippen molar-refractivity contribution < 1.29 is 4.74 Å². The molecule has 0 aliphatic rings. The smallest absolute Gasteiger partial charge is 0.130 e. The van der Waals surface area contributed by atoms with Crippen molar-refractivity contribution in [2.75, 3.05) is 0 Å². The maximum Gasteiger partial charge on any atom is 0.130 e. The average molecular weight is 339 g/mol. The third kappa shape index (κ3) is 8.25. The van der Waals surface area contributed by atoms with Gasteiger partial charge in [-0.05, 0) is 42.5 Å². The predicted octanol–water partition coefficient (Wildman–Crippen LogP) is 7.80. The summed E-state index contributed by atoms with van der Waals surface area (Å²) >= 11 is 0. The molecular weight excluding hydrogens is 304 g/mol. The minimum atomic E-state index is 0.859. The molecule has 0 aliphatic heterocycles. The molecule has 0 heterocycles. The Bertz CT molecular complexity index is 574. The number of aryl methyl sites for hydroxylation is 1. The van der Waals surface area contributed by atoms with Crippen LogP contribution in [-0.2, 0) is 6.42 Å². The first kappa shape index (κ1) is 19.6. The normalized spacial score (nSPS) is 11.0. The van der Waals surface area contributed by atoms with Gasteiger partial charge in [0.25, 0.3) is 0 Å². The Hall–Kier alpha value is -1.76. The van der Waals surface area contributed by atoms with Crippen molar-refractivity contribution >= 4 is 0 Å². The Morgan fingerprint density at radius 2 is 1.28 bits per heavy atom. The van der Waals surface area contributed by atoms with Crippen molar-refractivity contribution in [2.45, 2.75) is 71.6 Å². The van der Waals surface area contributed by atoms with Crippen molar-refractivity contribution in [1.29, 1.82) is 0 Å². The molecule has 0 unspecified atom stereocenters. The number of ether oxygens (including phenoxy) is 1. The first-order valence-electron chi connectivity index (χ1n) is 10.1. The van der Waals surface area contributed by atoms with Crippen molar-refractivity contribution in [1.82, 2.24) is 0 Å². The molecule has 0 saturated heterocycles. The second-order valence-corrected chi connectivity index (χ2v) is 7.43. The molecule has 0 fully saturated rings. The van der Waals surface area contributed by atoms with Gasteiger partial charge >= 0.3 is 0 Å². The SMILES string of the molecule is CC(C)CCCCCCCCCc1ccccc1Oc1ccccc1. The van der Waals surface area contributed by atoms with Gasteiger partial charge < -0.3 is 4.74 Å². The van der Waals surface area contributed by atoms with E-state index in [9.17, 15) is 0 Å². The molecule has 2 rings (SSSR count). The zero-order valence-electron chi connectivity index (χ0n) is 16.0. The molecule has 0 aromatic heterocycles. The number of rotatable bonds is 12. The summed E-state index contributed by atoms with van der Waals surface area (Å²) in [6, 6.07) is 18.5. The highest BCUT2D eigenvalue weighted by atomic mass is 16.5. The molecule has 1 heteroatoms. The van der Waals surface area contributed by atoms with Crippen LogP contribution in [0.4, 0.5) is 0 Å². The van der Waals surface area contributed by atoms with Crippen molar-refractivity contribution in [3.05, 3.63) is 60.2 Å². The van der Waals surface area contributed by atoms with Crippen LogP contribution in [0.1, 0.15) is 70.8 Å². The van der Waals surface area contributed by atoms with Gasteiger partial charge in [-0.25, -0.2) is 0 Å². The molecule has 136 valence electrons. The minimum absolute atomic E-state index is 0.859. The molecule has 0 bridgehead atoms. The Labute approximate surface area is 154 Å². The Morgan fingerprint density at radius 1 is 0.680 bits per heavy atom. The summed E-state index contributed by atoms with van der Waals surface area (Å²) in [7, 11) is 0. The van der Waals surface area contributed by atoms with E-state index >= 15 is 0 Å². The van der Waals surface area contributed by atoms with Gasteiger partial charge in [0.2, 0.25) is 0 Å². The maximum atomic E-state index is 6.05. The summed E-state index contributed by atoms with van der Waals surface area (Å²) in [4.78, 5) is 0. The Kier molecular flexibility index (Phi) is 9.18. The largest absolute Gasteiger partial charge is 0.457 e. The van der Waals surface area contributed by atoms with E-state index in [-0.39, 0.29) is 0 Å². The molecule has 0 N–H and O–H groups in total.